The van der Waals surface area contributed by atoms with E-state index >= 15 is 0 Å². The molecule has 2 heterocycles. The van der Waals surface area contributed by atoms with Gasteiger partial charge in [-0.3, -0.25) is 0 Å². The number of rotatable bonds is 4. The first-order valence-electron chi connectivity index (χ1n) is 6.58. The van der Waals surface area contributed by atoms with Gasteiger partial charge < -0.3 is 15.1 Å². The fourth-order valence-corrected chi connectivity index (χ4v) is 2.44. The Balaban J connectivity index is 2.06. The van der Waals surface area contributed by atoms with Gasteiger partial charge in [0, 0.05) is 12.4 Å². The smallest absolute Gasteiger partial charge is 0.139 e. The highest BCUT2D eigenvalue weighted by molar-refractivity contribution is 7.80. The molecule has 4 nitrogen and oxygen atoms in total. The number of fused-ring (bicyclic) bond motifs is 1. The number of furan rings is 1. The van der Waals surface area contributed by atoms with E-state index in [-0.39, 0.29) is 0 Å². The van der Waals surface area contributed by atoms with Gasteiger partial charge >= 0.3 is 0 Å². The van der Waals surface area contributed by atoms with Crippen LogP contribution in [0, 0.1) is 0 Å². The number of hydrogen-bond acceptors (Lipinski definition) is 4. The van der Waals surface area contributed by atoms with Crippen molar-refractivity contribution in [2.24, 2.45) is 5.73 Å². The summed E-state index contributed by atoms with van der Waals surface area (Å²) in [6, 6.07) is 13.7. The van der Waals surface area contributed by atoms with Crippen LogP contribution in [0.5, 0.6) is 0 Å². The number of pyridine rings is 1. The van der Waals surface area contributed by atoms with Crippen molar-refractivity contribution in [3.8, 4) is 0 Å². The number of thiocarbonyl (C=S) groups is 1. The number of nitrogens with zero attached hydrogens (tertiary/aromatic N) is 2. The van der Waals surface area contributed by atoms with Gasteiger partial charge in [0.05, 0.1) is 23.9 Å². The molecule has 0 aliphatic carbocycles. The first kappa shape index (κ1) is 13.6. The van der Waals surface area contributed by atoms with Crippen molar-refractivity contribution in [1.82, 2.24) is 4.98 Å². The predicted octanol–water partition coefficient (Wildman–Crippen LogP) is 3.10. The summed E-state index contributed by atoms with van der Waals surface area (Å²) in [5, 5.41) is 1.02. The molecule has 1 aromatic carbocycles. The Hall–Kier alpha value is -2.40. The first-order valence-corrected chi connectivity index (χ1v) is 6.99. The Kier molecular flexibility index (Phi) is 3.58. The van der Waals surface area contributed by atoms with Gasteiger partial charge in [0.25, 0.3) is 0 Å². The van der Waals surface area contributed by atoms with E-state index in [1.165, 1.54) is 0 Å². The third-order valence-electron chi connectivity index (χ3n) is 3.30. The Bertz CT molecular complexity index is 783. The molecule has 3 rings (SSSR count). The van der Waals surface area contributed by atoms with E-state index in [2.05, 4.69) is 0 Å². The highest BCUT2D eigenvalue weighted by Crippen LogP contribution is 2.24. The molecule has 106 valence electrons. The molecular formula is C16H15N3OS. The largest absolute Gasteiger partial charge is 0.467 e. The molecular weight excluding hydrogens is 282 g/mol. The molecule has 2 aromatic heterocycles. The summed E-state index contributed by atoms with van der Waals surface area (Å²) in [5.41, 5.74) is 7.55. The second-order valence-electron chi connectivity index (χ2n) is 4.85. The van der Waals surface area contributed by atoms with Gasteiger partial charge in [0.1, 0.15) is 16.6 Å². The summed E-state index contributed by atoms with van der Waals surface area (Å²) in [7, 11) is 1.95. The standard InChI is InChI=1S/C16H15N3OS/c1-19(10-12-6-4-8-20-12)16-13(15(17)21)9-11-5-2-3-7-14(11)18-16/h2-9H,10H2,1H3,(H2,17,21). The Labute approximate surface area is 128 Å². The topological polar surface area (TPSA) is 55.3 Å². The minimum Gasteiger partial charge on any atom is -0.467 e. The first-order chi connectivity index (χ1) is 10.1. The van der Waals surface area contributed by atoms with E-state index in [0.717, 1.165) is 28.0 Å². The number of aromatic nitrogens is 1. The fourth-order valence-electron chi connectivity index (χ4n) is 2.29. The van der Waals surface area contributed by atoms with Gasteiger partial charge in [-0.2, -0.15) is 0 Å². The lowest BCUT2D eigenvalue weighted by Crippen LogP contribution is -2.22. The minimum atomic E-state index is 0.342. The van der Waals surface area contributed by atoms with Gasteiger partial charge in [-0.05, 0) is 24.3 Å². The van der Waals surface area contributed by atoms with Crippen LogP contribution in [0.1, 0.15) is 11.3 Å². The zero-order valence-corrected chi connectivity index (χ0v) is 12.4. The second-order valence-corrected chi connectivity index (χ2v) is 5.29. The maximum Gasteiger partial charge on any atom is 0.139 e. The molecule has 0 bridgehead atoms. The Morgan fingerprint density at radius 3 is 2.81 bits per heavy atom. The van der Waals surface area contributed by atoms with Crippen molar-refractivity contribution in [3.63, 3.8) is 0 Å². The molecule has 0 spiro atoms. The molecule has 2 N–H and O–H groups in total. The molecule has 0 radical (unpaired) electrons. The minimum absolute atomic E-state index is 0.342. The van der Waals surface area contributed by atoms with E-state index in [9.17, 15) is 0 Å². The van der Waals surface area contributed by atoms with Crippen LogP contribution in [0.4, 0.5) is 5.82 Å². The van der Waals surface area contributed by atoms with Gasteiger partial charge in [-0.15, -0.1) is 0 Å². The average Bonchev–Trinajstić information content (AvgIpc) is 2.98. The quantitative estimate of drug-likeness (QED) is 0.750. The molecule has 0 amide bonds. The lowest BCUT2D eigenvalue weighted by molar-refractivity contribution is 0.507. The van der Waals surface area contributed by atoms with Crippen LogP contribution in [0.3, 0.4) is 0 Å². The molecule has 3 aromatic rings. The number of para-hydroxylation sites is 1. The van der Waals surface area contributed by atoms with Crippen LogP contribution in [0.25, 0.3) is 10.9 Å². The molecule has 0 saturated heterocycles. The molecule has 21 heavy (non-hydrogen) atoms. The zero-order valence-electron chi connectivity index (χ0n) is 11.6. The van der Waals surface area contributed by atoms with Crippen molar-refractivity contribution in [2.75, 3.05) is 11.9 Å². The van der Waals surface area contributed by atoms with Crippen molar-refractivity contribution in [3.05, 3.63) is 60.1 Å². The van der Waals surface area contributed by atoms with E-state index in [4.69, 9.17) is 27.4 Å². The van der Waals surface area contributed by atoms with Crippen molar-refractivity contribution in [2.45, 2.75) is 6.54 Å². The monoisotopic (exact) mass is 297 g/mol. The van der Waals surface area contributed by atoms with E-state index in [1.807, 2.05) is 54.4 Å². The second kappa shape index (κ2) is 5.54. The molecule has 0 aliphatic heterocycles. The summed E-state index contributed by atoms with van der Waals surface area (Å²) < 4.78 is 5.38. The third kappa shape index (κ3) is 2.73. The third-order valence-corrected chi connectivity index (χ3v) is 3.52. The molecule has 5 heteroatoms. The number of anilines is 1. The van der Waals surface area contributed by atoms with E-state index in [1.54, 1.807) is 6.26 Å². The lowest BCUT2D eigenvalue weighted by Gasteiger charge is -2.20. The highest BCUT2D eigenvalue weighted by Gasteiger charge is 2.14. The number of nitrogens with two attached hydrogens (primary N) is 1. The van der Waals surface area contributed by atoms with Gasteiger partial charge in [-0.25, -0.2) is 4.98 Å². The maximum absolute atomic E-state index is 5.86. The summed E-state index contributed by atoms with van der Waals surface area (Å²) in [5.74, 6) is 1.62. The van der Waals surface area contributed by atoms with Gasteiger partial charge in [0.2, 0.25) is 0 Å². The maximum atomic E-state index is 5.86. The number of benzene rings is 1. The molecule has 0 aliphatic rings. The van der Waals surface area contributed by atoms with Gasteiger partial charge in [0.15, 0.2) is 0 Å². The Morgan fingerprint density at radius 1 is 1.29 bits per heavy atom. The van der Waals surface area contributed by atoms with Crippen LogP contribution in [0.15, 0.2) is 53.1 Å². The van der Waals surface area contributed by atoms with Crippen molar-refractivity contribution in [1.29, 1.82) is 0 Å². The van der Waals surface area contributed by atoms with Crippen LogP contribution in [0.2, 0.25) is 0 Å². The molecule has 0 atom stereocenters. The SMILES string of the molecule is CN(Cc1ccco1)c1nc2ccccc2cc1C(N)=S. The lowest BCUT2D eigenvalue weighted by atomic mass is 10.1. The van der Waals surface area contributed by atoms with E-state index in [0.29, 0.717) is 11.5 Å². The molecule has 0 unspecified atom stereocenters. The average molecular weight is 297 g/mol. The van der Waals surface area contributed by atoms with Crippen LogP contribution < -0.4 is 10.6 Å². The summed E-state index contributed by atoms with van der Waals surface area (Å²) in [4.78, 5) is 7.02. The summed E-state index contributed by atoms with van der Waals surface area (Å²) in [6.07, 6.45) is 1.66. The zero-order chi connectivity index (χ0) is 14.8. The van der Waals surface area contributed by atoms with Crippen LogP contribution in [-0.4, -0.2) is 17.0 Å². The van der Waals surface area contributed by atoms with Crippen LogP contribution >= 0.6 is 12.2 Å². The van der Waals surface area contributed by atoms with Gasteiger partial charge in [-0.1, -0.05) is 30.4 Å². The predicted molar refractivity (Wildman–Crippen MR) is 88.4 cm³/mol. The van der Waals surface area contributed by atoms with E-state index < -0.39 is 0 Å². The molecule has 0 saturated carbocycles. The summed E-state index contributed by atoms with van der Waals surface area (Å²) in [6.45, 7) is 0.605. The Morgan fingerprint density at radius 2 is 2.10 bits per heavy atom. The fraction of sp³-hybridized carbons (Fsp3) is 0.125. The van der Waals surface area contributed by atoms with Crippen LogP contribution in [-0.2, 0) is 6.54 Å². The highest BCUT2D eigenvalue weighted by atomic mass is 32.1. The summed E-state index contributed by atoms with van der Waals surface area (Å²) >= 11 is 5.17. The van der Waals surface area contributed by atoms with Crippen molar-refractivity contribution >= 4 is 33.9 Å². The molecule has 0 fully saturated rings. The number of hydrogen-bond donors (Lipinski definition) is 1. The van der Waals surface area contributed by atoms with Crippen molar-refractivity contribution < 1.29 is 4.42 Å². The normalized spacial score (nSPS) is 10.7.